The smallest absolute Gasteiger partial charge is 0.323 e. The SMILES string of the molecule is CCOC(=O)C1CCCCN1CCC(=O)C=Cc1ccc(O)c(OC)c1. The van der Waals surface area contributed by atoms with E-state index in [2.05, 4.69) is 4.90 Å². The minimum Gasteiger partial charge on any atom is -0.504 e. The van der Waals surface area contributed by atoms with Gasteiger partial charge in [-0.1, -0.05) is 18.6 Å². The van der Waals surface area contributed by atoms with Crippen LogP contribution in [-0.2, 0) is 14.3 Å². The first-order chi connectivity index (χ1) is 12.5. The molecule has 1 saturated heterocycles. The molecule has 6 heteroatoms. The highest BCUT2D eigenvalue weighted by Crippen LogP contribution is 2.26. The van der Waals surface area contributed by atoms with Gasteiger partial charge in [0.05, 0.1) is 13.7 Å². The van der Waals surface area contributed by atoms with E-state index in [4.69, 9.17) is 9.47 Å². The molecule has 0 bridgehead atoms. The van der Waals surface area contributed by atoms with Gasteiger partial charge in [0, 0.05) is 13.0 Å². The number of phenolic OH excluding ortho intramolecular Hbond substituents is 1. The molecule has 26 heavy (non-hydrogen) atoms. The van der Waals surface area contributed by atoms with E-state index in [1.54, 1.807) is 25.1 Å². The highest BCUT2D eigenvalue weighted by molar-refractivity contribution is 5.93. The molecule has 1 aliphatic rings. The second-order valence-electron chi connectivity index (χ2n) is 6.28. The second kappa shape index (κ2) is 9.97. The van der Waals surface area contributed by atoms with Crippen LogP contribution in [0, 0.1) is 0 Å². The van der Waals surface area contributed by atoms with Crippen molar-refractivity contribution < 1.29 is 24.2 Å². The topological polar surface area (TPSA) is 76.1 Å². The van der Waals surface area contributed by atoms with Gasteiger partial charge in [-0.05, 0) is 50.1 Å². The molecule has 1 aromatic carbocycles. The van der Waals surface area contributed by atoms with Crippen LogP contribution >= 0.6 is 0 Å². The van der Waals surface area contributed by atoms with Crippen LogP contribution in [0.25, 0.3) is 6.08 Å². The summed E-state index contributed by atoms with van der Waals surface area (Å²) < 4.78 is 10.2. The fraction of sp³-hybridized carbons (Fsp3) is 0.500. The number of hydrogen-bond donors (Lipinski definition) is 1. The third-order valence-electron chi connectivity index (χ3n) is 4.48. The molecule has 0 saturated carbocycles. The Morgan fingerprint density at radius 3 is 2.88 bits per heavy atom. The Balaban J connectivity index is 1.89. The van der Waals surface area contributed by atoms with Gasteiger partial charge in [-0.15, -0.1) is 0 Å². The Morgan fingerprint density at radius 1 is 1.35 bits per heavy atom. The summed E-state index contributed by atoms with van der Waals surface area (Å²) in [5.74, 6) is 0.230. The lowest BCUT2D eigenvalue weighted by molar-refractivity contribution is -0.151. The first-order valence-corrected chi connectivity index (χ1v) is 9.03. The van der Waals surface area contributed by atoms with Gasteiger partial charge in [0.1, 0.15) is 6.04 Å². The number of likely N-dealkylation sites (tertiary alicyclic amines) is 1. The minimum absolute atomic E-state index is 0.00905. The number of aromatic hydroxyl groups is 1. The number of rotatable bonds is 8. The predicted molar refractivity (Wildman–Crippen MR) is 99.2 cm³/mol. The average Bonchev–Trinajstić information content (AvgIpc) is 2.66. The van der Waals surface area contributed by atoms with Crippen molar-refractivity contribution in [3.05, 3.63) is 29.8 Å². The number of carbonyl (C=O) groups is 2. The minimum atomic E-state index is -0.234. The number of benzene rings is 1. The molecule has 2 rings (SSSR count). The number of nitrogens with zero attached hydrogens (tertiary/aromatic N) is 1. The third-order valence-corrected chi connectivity index (χ3v) is 4.48. The number of esters is 1. The van der Waals surface area contributed by atoms with Gasteiger partial charge < -0.3 is 14.6 Å². The van der Waals surface area contributed by atoms with E-state index >= 15 is 0 Å². The van der Waals surface area contributed by atoms with Crippen LogP contribution in [0.1, 0.15) is 38.2 Å². The number of ether oxygens (including phenoxy) is 2. The van der Waals surface area contributed by atoms with Crippen LogP contribution in [-0.4, -0.2) is 54.6 Å². The van der Waals surface area contributed by atoms with E-state index in [1.807, 2.05) is 0 Å². The van der Waals surface area contributed by atoms with E-state index in [9.17, 15) is 14.7 Å². The van der Waals surface area contributed by atoms with Crippen LogP contribution in [0.15, 0.2) is 24.3 Å². The normalized spacial score (nSPS) is 18.0. The number of hydrogen-bond acceptors (Lipinski definition) is 6. The van der Waals surface area contributed by atoms with Crippen LogP contribution < -0.4 is 4.74 Å². The number of carbonyl (C=O) groups excluding carboxylic acids is 2. The molecule has 1 N–H and O–H groups in total. The largest absolute Gasteiger partial charge is 0.504 e. The van der Waals surface area contributed by atoms with E-state index < -0.39 is 0 Å². The lowest BCUT2D eigenvalue weighted by atomic mass is 10.0. The van der Waals surface area contributed by atoms with Gasteiger partial charge in [-0.3, -0.25) is 14.5 Å². The third kappa shape index (κ3) is 5.59. The van der Waals surface area contributed by atoms with Crippen LogP contribution in [0.5, 0.6) is 11.5 Å². The number of piperidine rings is 1. The van der Waals surface area contributed by atoms with E-state index in [0.29, 0.717) is 25.3 Å². The fourth-order valence-electron chi connectivity index (χ4n) is 3.09. The predicted octanol–water partition coefficient (Wildman–Crippen LogP) is 2.79. The highest BCUT2D eigenvalue weighted by atomic mass is 16.5. The Labute approximate surface area is 154 Å². The van der Waals surface area contributed by atoms with E-state index in [-0.39, 0.29) is 23.5 Å². The van der Waals surface area contributed by atoms with Crippen molar-refractivity contribution in [3.63, 3.8) is 0 Å². The average molecular weight is 361 g/mol. The molecule has 6 nitrogen and oxygen atoms in total. The Morgan fingerprint density at radius 2 is 2.15 bits per heavy atom. The van der Waals surface area contributed by atoms with Gasteiger partial charge in [-0.2, -0.15) is 0 Å². The van der Waals surface area contributed by atoms with Gasteiger partial charge in [0.25, 0.3) is 0 Å². The van der Waals surface area contributed by atoms with E-state index in [0.717, 1.165) is 31.4 Å². The summed E-state index contributed by atoms with van der Waals surface area (Å²) in [6.45, 7) is 3.54. The fourth-order valence-corrected chi connectivity index (χ4v) is 3.09. The zero-order valence-corrected chi connectivity index (χ0v) is 15.4. The molecule has 1 fully saturated rings. The lowest BCUT2D eigenvalue weighted by Gasteiger charge is -2.33. The lowest BCUT2D eigenvalue weighted by Crippen LogP contribution is -2.46. The van der Waals surface area contributed by atoms with E-state index in [1.165, 1.54) is 19.3 Å². The highest BCUT2D eigenvalue weighted by Gasteiger charge is 2.29. The van der Waals surface area contributed by atoms with Crippen molar-refractivity contribution in [2.24, 2.45) is 0 Å². The molecular formula is C20H27NO5. The monoisotopic (exact) mass is 361 g/mol. The second-order valence-corrected chi connectivity index (χ2v) is 6.28. The van der Waals surface area contributed by atoms with Crippen molar-refractivity contribution >= 4 is 17.8 Å². The summed E-state index contributed by atoms with van der Waals surface area (Å²) in [6, 6.07) is 4.67. The van der Waals surface area contributed by atoms with Gasteiger partial charge in [0.2, 0.25) is 0 Å². The molecular weight excluding hydrogens is 334 g/mol. The summed E-state index contributed by atoms with van der Waals surface area (Å²) in [7, 11) is 1.48. The Hall–Kier alpha value is -2.34. The van der Waals surface area contributed by atoms with Crippen molar-refractivity contribution in [1.29, 1.82) is 0 Å². The summed E-state index contributed by atoms with van der Waals surface area (Å²) in [5.41, 5.74) is 0.773. The van der Waals surface area contributed by atoms with Gasteiger partial charge >= 0.3 is 5.97 Å². The summed E-state index contributed by atoms with van der Waals surface area (Å²) in [4.78, 5) is 26.3. The standard InChI is InChI=1S/C20H27NO5/c1-3-26-20(24)17-6-4-5-12-21(17)13-11-16(22)9-7-15-8-10-18(23)19(14-15)25-2/h7-10,14,17,23H,3-6,11-13H2,1-2H3. The van der Waals surface area contributed by atoms with Crippen LogP contribution in [0.3, 0.4) is 0 Å². The summed E-state index contributed by atoms with van der Waals surface area (Å²) >= 11 is 0. The number of phenols is 1. The molecule has 1 heterocycles. The zero-order chi connectivity index (χ0) is 18.9. The van der Waals surface area contributed by atoms with Gasteiger partial charge in [0.15, 0.2) is 17.3 Å². The first-order valence-electron chi connectivity index (χ1n) is 9.03. The Bertz CT molecular complexity index is 656. The zero-order valence-electron chi connectivity index (χ0n) is 15.4. The maximum atomic E-state index is 12.2. The first kappa shape index (κ1) is 20.0. The molecule has 1 aromatic rings. The van der Waals surface area contributed by atoms with Crippen LogP contribution in [0.4, 0.5) is 0 Å². The summed E-state index contributed by atoms with van der Waals surface area (Å²) in [5, 5.41) is 9.59. The molecule has 1 aliphatic heterocycles. The molecule has 0 aliphatic carbocycles. The quantitative estimate of drug-likeness (QED) is 0.567. The molecule has 1 unspecified atom stereocenters. The number of ketones is 1. The maximum Gasteiger partial charge on any atom is 0.323 e. The molecule has 0 radical (unpaired) electrons. The molecule has 1 atom stereocenters. The number of methoxy groups -OCH3 is 1. The molecule has 0 amide bonds. The Kier molecular flexibility index (Phi) is 7.66. The van der Waals surface area contributed by atoms with Gasteiger partial charge in [-0.25, -0.2) is 0 Å². The van der Waals surface area contributed by atoms with Crippen molar-refractivity contribution in [1.82, 2.24) is 4.90 Å². The molecule has 0 spiro atoms. The number of allylic oxidation sites excluding steroid dienone is 1. The van der Waals surface area contributed by atoms with Crippen molar-refractivity contribution in [3.8, 4) is 11.5 Å². The maximum absolute atomic E-state index is 12.2. The molecule has 142 valence electrons. The van der Waals surface area contributed by atoms with Crippen molar-refractivity contribution in [2.45, 2.75) is 38.6 Å². The van der Waals surface area contributed by atoms with Crippen LogP contribution in [0.2, 0.25) is 0 Å². The van der Waals surface area contributed by atoms with Crippen molar-refractivity contribution in [2.75, 3.05) is 26.8 Å². The summed E-state index contributed by atoms with van der Waals surface area (Å²) in [6.07, 6.45) is 6.40. The molecule has 0 aromatic heterocycles.